The van der Waals surface area contributed by atoms with Crippen molar-refractivity contribution in [1.82, 2.24) is 0 Å². The topological polar surface area (TPSA) is 41.5 Å². The SMILES string of the molecule is CC(C)c1cccc(NCCOCCO)c1. The first kappa shape index (κ1) is 13.0. The Hall–Kier alpha value is -1.06. The molecular weight excluding hydrogens is 202 g/mol. The average Bonchev–Trinajstić information content (AvgIpc) is 2.29. The molecule has 90 valence electrons. The second-order valence-electron chi connectivity index (χ2n) is 4.04. The Kier molecular flexibility index (Phi) is 5.90. The van der Waals surface area contributed by atoms with E-state index in [0.717, 1.165) is 12.2 Å². The third-order valence-electron chi connectivity index (χ3n) is 2.36. The van der Waals surface area contributed by atoms with Gasteiger partial charge in [0.05, 0.1) is 19.8 Å². The van der Waals surface area contributed by atoms with Crippen LogP contribution in [-0.4, -0.2) is 31.5 Å². The maximum atomic E-state index is 8.53. The zero-order valence-corrected chi connectivity index (χ0v) is 10.1. The molecule has 1 rings (SSSR count). The number of hydrogen-bond acceptors (Lipinski definition) is 3. The van der Waals surface area contributed by atoms with Crippen molar-refractivity contribution in [2.45, 2.75) is 19.8 Å². The zero-order valence-electron chi connectivity index (χ0n) is 10.1. The van der Waals surface area contributed by atoms with Gasteiger partial charge in [-0.05, 0) is 23.6 Å². The van der Waals surface area contributed by atoms with E-state index in [1.54, 1.807) is 0 Å². The van der Waals surface area contributed by atoms with Gasteiger partial charge in [0.2, 0.25) is 0 Å². The van der Waals surface area contributed by atoms with E-state index in [2.05, 4.69) is 43.4 Å². The summed E-state index contributed by atoms with van der Waals surface area (Å²) in [5, 5.41) is 11.8. The van der Waals surface area contributed by atoms with Crippen LogP contribution >= 0.6 is 0 Å². The highest BCUT2D eigenvalue weighted by molar-refractivity contribution is 5.46. The van der Waals surface area contributed by atoms with Gasteiger partial charge < -0.3 is 15.2 Å². The Morgan fingerprint density at radius 1 is 1.31 bits per heavy atom. The Labute approximate surface area is 97.4 Å². The highest BCUT2D eigenvalue weighted by Gasteiger charge is 1.99. The molecular formula is C13H21NO2. The Morgan fingerprint density at radius 3 is 2.81 bits per heavy atom. The highest BCUT2D eigenvalue weighted by atomic mass is 16.5. The molecule has 0 fully saturated rings. The fraction of sp³-hybridized carbons (Fsp3) is 0.538. The number of benzene rings is 1. The van der Waals surface area contributed by atoms with Gasteiger partial charge in [-0.25, -0.2) is 0 Å². The van der Waals surface area contributed by atoms with Gasteiger partial charge in [-0.15, -0.1) is 0 Å². The highest BCUT2D eigenvalue weighted by Crippen LogP contribution is 2.18. The maximum absolute atomic E-state index is 8.53. The molecule has 0 bridgehead atoms. The van der Waals surface area contributed by atoms with E-state index in [1.807, 2.05) is 0 Å². The van der Waals surface area contributed by atoms with Crippen molar-refractivity contribution < 1.29 is 9.84 Å². The summed E-state index contributed by atoms with van der Waals surface area (Å²) in [5.41, 5.74) is 2.46. The van der Waals surface area contributed by atoms with Crippen molar-refractivity contribution in [3.05, 3.63) is 29.8 Å². The van der Waals surface area contributed by atoms with Crippen LogP contribution in [0.3, 0.4) is 0 Å². The van der Waals surface area contributed by atoms with Gasteiger partial charge >= 0.3 is 0 Å². The maximum Gasteiger partial charge on any atom is 0.0698 e. The average molecular weight is 223 g/mol. The van der Waals surface area contributed by atoms with Gasteiger partial charge in [-0.2, -0.15) is 0 Å². The molecule has 0 radical (unpaired) electrons. The summed E-state index contributed by atoms with van der Waals surface area (Å²) >= 11 is 0. The van der Waals surface area contributed by atoms with E-state index in [1.165, 1.54) is 5.56 Å². The molecule has 2 N–H and O–H groups in total. The van der Waals surface area contributed by atoms with E-state index in [4.69, 9.17) is 9.84 Å². The monoisotopic (exact) mass is 223 g/mol. The fourth-order valence-corrected chi connectivity index (χ4v) is 1.44. The van der Waals surface area contributed by atoms with Crippen molar-refractivity contribution in [2.75, 3.05) is 31.7 Å². The van der Waals surface area contributed by atoms with E-state index >= 15 is 0 Å². The van der Waals surface area contributed by atoms with Crippen molar-refractivity contribution in [1.29, 1.82) is 0 Å². The summed E-state index contributed by atoms with van der Waals surface area (Å²) < 4.78 is 5.17. The van der Waals surface area contributed by atoms with Crippen LogP contribution in [-0.2, 0) is 4.74 Å². The lowest BCUT2D eigenvalue weighted by atomic mass is 10.0. The first-order chi connectivity index (χ1) is 7.74. The molecule has 0 aliphatic heterocycles. The van der Waals surface area contributed by atoms with Crippen LogP contribution in [0.2, 0.25) is 0 Å². The Bertz CT molecular complexity index is 300. The summed E-state index contributed by atoms with van der Waals surface area (Å²) in [6.07, 6.45) is 0. The van der Waals surface area contributed by atoms with Crippen molar-refractivity contribution in [2.24, 2.45) is 0 Å². The molecule has 0 spiro atoms. The predicted molar refractivity (Wildman–Crippen MR) is 66.9 cm³/mol. The number of anilines is 1. The predicted octanol–water partition coefficient (Wildman–Crippen LogP) is 2.23. The van der Waals surface area contributed by atoms with Crippen LogP contribution < -0.4 is 5.32 Å². The van der Waals surface area contributed by atoms with Crippen LogP contribution in [0.25, 0.3) is 0 Å². The Morgan fingerprint density at radius 2 is 2.12 bits per heavy atom. The molecule has 3 nitrogen and oxygen atoms in total. The number of hydrogen-bond donors (Lipinski definition) is 2. The summed E-state index contributed by atoms with van der Waals surface area (Å²) in [4.78, 5) is 0. The van der Waals surface area contributed by atoms with Crippen LogP contribution in [0.15, 0.2) is 24.3 Å². The van der Waals surface area contributed by atoms with Crippen LogP contribution in [0, 0.1) is 0 Å². The third-order valence-corrected chi connectivity index (χ3v) is 2.36. The molecule has 0 aromatic heterocycles. The molecule has 0 unspecified atom stereocenters. The van der Waals surface area contributed by atoms with Gasteiger partial charge in [0.15, 0.2) is 0 Å². The Balaban J connectivity index is 2.33. The van der Waals surface area contributed by atoms with Crippen molar-refractivity contribution in [3.8, 4) is 0 Å². The van der Waals surface area contributed by atoms with Gasteiger partial charge in [0, 0.05) is 12.2 Å². The quantitative estimate of drug-likeness (QED) is 0.696. The number of nitrogens with one attached hydrogen (secondary N) is 1. The van der Waals surface area contributed by atoms with Crippen molar-refractivity contribution in [3.63, 3.8) is 0 Å². The van der Waals surface area contributed by atoms with Gasteiger partial charge in [-0.1, -0.05) is 26.0 Å². The van der Waals surface area contributed by atoms with Gasteiger partial charge in [-0.3, -0.25) is 0 Å². The lowest BCUT2D eigenvalue weighted by molar-refractivity contribution is 0.0992. The molecule has 0 aliphatic carbocycles. The molecule has 3 heteroatoms. The van der Waals surface area contributed by atoms with Gasteiger partial charge in [0.25, 0.3) is 0 Å². The lowest BCUT2D eigenvalue weighted by Crippen LogP contribution is -2.11. The number of aliphatic hydroxyl groups excluding tert-OH is 1. The summed E-state index contributed by atoms with van der Waals surface area (Å²) in [7, 11) is 0. The summed E-state index contributed by atoms with van der Waals surface area (Å²) in [6.45, 7) is 6.25. The molecule has 1 aromatic carbocycles. The zero-order chi connectivity index (χ0) is 11.8. The van der Waals surface area contributed by atoms with Crippen LogP contribution in [0.1, 0.15) is 25.3 Å². The number of ether oxygens (including phenoxy) is 1. The molecule has 0 heterocycles. The van der Waals surface area contributed by atoms with E-state index in [-0.39, 0.29) is 6.61 Å². The van der Waals surface area contributed by atoms with Gasteiger partial charge in [0.1, 0.15) is 0 Å². The number of rotatable bonds is 7. The molecule has 0 saturated heterocycles. The minimum Gasteiger partial charge on any atom is -0.394 e. The molecule has 0 saturated carbocycles. The second-order valence-corrected chi connectivity index (χ2v) is 4.04. The molecule has 16 heavy (non-hydrogen) atoms. The molecule has 0 atom stereocenters. The van der Waals surface area contributed by atoms with E-state index in [9.17, 15) is 0 Å². The van der Waals surface area contributed by atoms with Crippen LogP contribution in [0.5, 0.6) is 0 Å². The standard InChI is InChI=1S/C13H21NO2/c1-11(2)12-4-3-5-13(10-12)14-6-8-16-9-7-15/h3-5,10-11,14-15H,6-9H2,1-2H3. The van der Waals surface area contributed by atoms with E-state index < -0.39 is 0 Å². The minimum atomic E-state index is 0.0861. The molecule has 0 amide bonds. The minimum absolute atomic E-state index is 0.0861. The molecule has 0 aliphatic rings. The lowest BCUT2D eigenvalue weighted by Gasteiger charge is -2.10. The van der Waals surface area contributed by atoms with Crippen molar-refractivity contribution >= 4 is 5.69 Å². The largest absolute Gasteiger partial charge is 0.394 e. The van der Waals surface area contributed by atoms with Crippen LogP contribution in [0.4, 0.5) is 5.69 Å². The number of aliphatic hydroxyl groups is 1. The molecule has 1 aromatic rings. The normalized spacial score (nSPS) is 10.8. The van der Waals surface area contributed by atoms with E-state index in [0.29, 0.717) is 19.1 Å². The fourth-order valence-electron chi connectivity index (χ4n) is 1.44. The first-order valence-corrected chi connectivity index (χ1v) is 5.76. The smallest absolute Gasteiger partial charge is 0.0698 e. The second kappa shape index (κ2) is 7.25. The first-order valence-electron chi connectivity index (χ1n) is 5.76. The third kappa shape index (κ3) is 4.64. The summed E-state index contributed by atoms with van der Waals surface area (Å²) in [6, 6.07) is 8.42. The summed E-state index contributed by atoms with van der Waals surface area (Å²) in [5.74, 6) is 0.549.